The first-order chi connectivity index (χ1) is 12.6. The standard InChI is InChI=1S/C19H27N3O4S/c1-5-10-22-16(24)14(15(23)20-17(22)27)9-8-13-7-6-11-21(12-13)18(25)26-19(2,3)4/h5,8-9,13,24H,1,6-7,10-12H2,2-4H3,(H,20,23,27). The first-order valence-corrected chi connectivity index (χ1v) is 9.36. The van der Waals surface area contributed by atoms with Crippen LogP contribution in [0.2, 0.25) is 0 Å². The number of aromatic hydroxyl groups is 1. The van der Waals surface area contributed by atoms with Crippen molar-refractivity contribution in [1.29, 1.82) is 0 Å². The van der Waals surface area contributed by atoms with Crippen molar-refractivity contribution < 1.29 is 14.6 Å². The molecule has 0 aliphatic carbocycles. The number of hydrogen-bond acceptors (Lipinski definition) is 5. The molecule has 7 nitrogen and oxygen atoms in total. The van der Waals surface area contributed by atoms with Gasteiger partial charge in [-0.3, -0.25) is 14.3 Å². The van der Waals surface area contributed by atoms with Crippen molar-refractivity contribution in [2.45, 2.75) is 45.8 Å². The average Bonchev–Trinajstić information content (AvgIpc) is 2.57. The third-order valence-electron chi connectivity index (χ3n) is 4.16. The van der Waals surface area contributed by atoms with Crippen LogP contribution in [0.3, 0.4) is 0 Å². The first-order valence-electron chi connectivity index (χ1n) is 8.95. The van der Waals surface area contributed by atoms with Crippen LogP contribution in [0.4, 0.5) is 4.79 Å². The summed E-state index contributed by atoms with van der Waals surface area (Å²) in [5, 5.41) is 10.4. The molecule has 1 unspecified atom stereocenters. The Balaban J connectivity index is 2.17. The highest BCUT2D eigenvalue weighted by atomic mass is 32.1. The number of nitrogens with zero attached hydrogens (tertiary/aromatic N) is 2. The molecule has 0 spiro atoms. The molecule has 1 aliphatic rings. The molecule has 1 aromatic rings. The molecule has 1 atom stereocenters. The van der Waals surface area contributed by atoms with E-state index in [0.717, 1.165) is 12.8 Å². The van der Waals surface area contributed by atoms with Crippen molar-refractivity contribution in [3.05, 3.63) is 39.4 Å². The summed E-state index contributed by atoms with van der Waals surface area (Å²) in [4.78, 5) is 28.6. The number of carbonyl (C=O) groups excluding carboxylic acids is 1. The fourth-order valence-electron chi connectivity index (χ4n) is 2.92. The highest BCUT2D eigenvalue weighted by Crippen LogP contribution is 2.22. The van der Waals surface area contributed by atoms with Gasteiger partial charge in [0.05, 0.1) is 5.56 Å². The van der Waals surface area contributed by atoms with Gasteiger partial charge in [0, 0.05) is 19.6 Å². The highest BCUT2D eigenvalue weighted by molar-refractivity contribution is 7.71. The van der Waals surface area contributed by atoms with Crippen LogP contribution in [0, 0.1) is 10.7 Å². The maximum absolute atomic E-state index is 12.3. The van der Waals surface area contributed by atoms with Gasteiger partial charge < -0.3 is 14.7 Å². The second-order valence-electron chi connectivity index (χ2n) is 7.58. The average molecular weight is 394 g/mol. The number of likely N-dealkylation sites (tertiary alicyclic amines) is 1. The van der Waals surface area contributed by atoms with Gasteiger partial charge in [-0.15, -0.1) is 6.58 Å². The molecule has 2 rings (SSSR count). The lowest BCUT2D eigenvalue weighted by Gasteiger charge is -2.33. The molecule has 8 heteroatoms. The van der Waals surface area contributed by atoms with Crippen LogP contribution in [-0.4, -0.2) is 44.3 Å². The van der Waals surface area contributed by atoms with E-state index >= 15 is 0 Å². The van der Waals surface area contributed by atoms with Crippen LogP contribution in [0.25, 0.3) is 6.08 Å². The smallest absolute Gasteiger partial charge is 0.410 e. The summed E-state index contributed by atoms with van der Waals surface area (Å²) in [5.74, 6) is -0.124. The van der Waals surface area contributed by atoms with Crippen LogP contribution < -0.4 is 5.56 Å². The van der Waals surface area contributed by atoms with Gasteiger partial charge in [-0.2, -0.15) is 0 Å². The molecule has 1 fully saturated rings. The van der Waals surface area contributed by atoms with Gasteiger partial charge in [0.2, 0.25) is 5.88 Å². The van der Waals surface area contributed by atoms with Crippen LogP contribution in [0.5, 0.6) is 5.88 Å². The number of aromatic amines is 1. The number of amides is 1. The minimum Gasteiger partial charge on any atom is -0.494 e. The van der Waals surface area contributed by atoms with Crippen molar-refractivity contribution >= 4 is 24.4 Å². The van der Waals surface area contributed by atoms with Crippen LogP contribution >= 0.6 is 12.2 Å². The van der Waals surface area contributed by atoms with Crippen molar-refractivity contribution in [3.63, 3.8) is 0 Å². The van der Waals surface area contributed by atoms with Gasteiger partial charge in [-0.25, -0.2) is 4.79 Å². The summed E-state index contributed by atoms with van der Waals surface area (Å²) in [6, 6.07) is 0. The molecule has 0 saturated carbocycles. The molecule has 1 aliphatic heterocycles. The Bertz CT molecular complexity index is 848. The zero-order valence-electron chi connectivity index (χ0n) is 16.0. The monoisotopic (exact) mass is 393 g/mol. The Morgan fingerprint density at radius 1 is 1.48 bits per heavy atom. The van der Waals surface area contributed by atoms with Gasteiger partial charge in [-0.1, -0.05) is 12.2 Å². The number of rotatable bonds is 4. The second-order valence-corrected chi connectivity index (χ2v) is 7.97. The number of ether oxygens (including phenoxy) is 1. The third-order valence-corrected chi connectivity index (χ3v) is 4.49. The van der Waals surface area contributed by atoms with E-state index < -0.39 is 11.2 Å². The highest BCUT2D eigenvalue weighted by Gasteiger charge is 2.26. The van der Waals surface area contributed by atoms with Gasteiger partial charge in [0.25, 0.3) is 5.56 Å². The summed E-state index contributed by atoms with van der Waals surface area (Å²) in [5.41, 5.74) is -0.849. The number of hydrogen-bond donors (Lipinski definition) is 2. The fraction of sp³-hybridized carbons (Fsp3) is 0.526. The maximum atomic E-state index is 12.3. The SMILES string of the molecule is C=CCn1c(O)c(C=CC2CCCN(C(=O)OC(C)(C)C)C2)c(=O)[nH]c1=S. The Kier molecular flexibility index (Phi) is 6.64. The molecule has 1 saturated heterocycles. The van der Waals surface area contributed by atoms with Crippen LogP contribution in [0.15, 0.2) is 23.5 Å². The number of allylic oxidation sites excluding steroid dienone is 1. The normalized spacial score (nSPS) is 17.9. The molecule has 1 aromatic heterocycles. The van der Waals surface area contributed by atoms with Crippen molar-refractivity contribution in [3.8, 4) is 5.88 Å². The molecule has 0 bridgehead atoms. The van der Waals surface area contributed by atoms with E-state index in [1.165, 1.54) is 4.57 Å². The van der Waals surface area contributed by atoms with E-state index in [0.29, 0.717) is 13.1 Å². The Morgan fingerprint density at radius 2 is 2.19 bits per heavy atom. The number of aromatic nitrogens is 2. The molecular weight excluding hydrogens is 366 g/mol. The zero-order valence-corrected chi connectivity index (χ0v) is 16.8. The predicted molar refractivity (Wildman–Crippen MR) is 107 cm³/mol. The number of nitrogens with one attached hydrogen (secondary N) is 1. The van der Waals surface area contributed by atoms with E-state index in [9.17, 15) is 14.7 Å². The minimum absolute atomic E-state index is 0.0705. The fourth-order valence-corrected chi connectivity index (χ4v) is 3.17. The summed E-state index contributed by atoms with van der Waals surface area (Å²) in [7, 11) is 0. The molecule has 0 radical (unpaired) electrons. The topological polar surface area (TPSA) is 87.6 Å². The lowest BCUT2D eigenvalue weighted by atomic mass is 9.97. The molecule has 27 heavy (non-hydrogen) atoms. The number of piperidine rings is 1. The predicted octanol–water partition coefficient (Wildman–Crippen LogP) is 3.46. The molecule has 1 amide bonds. The Morgan fingerprint density at radius 3 is 2.81 bits per heavy atom. The summed E-state index contributed by atoms with van der Waals surface area (Å²) >= 11 is 5.07. The lowest BCUT2D eigenvalue weighted by molar-refractivity contribution is 0.0187. The summed E-state index contributed by atoms with van der Waals surface area (Å²) in [6.45, 7) is 10.6. The van der Waals surface area contributed by atoms with E-state index in [1.54, 1.807) is 17.1 Å². The van der Waals surface area contributed by atoms with E-state index in [2.05, 4.69) is 11.6 Å². The molecule has 148 valence electrons. The second kappa shape index (κ2) is 8.56. The van der Waals surface area contributed by atoms with Crippen molar-refractivity contribution in [1.82, 2.24) is 14.5 Å². The quantitative estimate of drug-likeness (QED) is 0.604. The largest absolute Gasteiger partial charge is 0.494 e. The van der Waals surface area contributed by atoms with Gasteiger partial charge in [-0.05, 0) is 57.8 Å². The van der Waals surface area contributed by atoms with E-state index in [1.807, 2.05) is 26.8 Å². The van der Waals surface area contributed by atoms with Gasteiger partial charge >= 0.3 is 6.09 Å². The number of H-pyrrole nitrogens is 1. The molecule has 2 N–H and O–H groups in total. The molecule has 2 heterocycles. The lowest BCUT2D eigenvalue weighted by Crippen LogP contribution is -2.42. The van der Waals surface area contributed by atoms with Gasteiger partial charge in [0.1, 0.15) is 5.60 Å². The first kappa shape index (κ1) is 21.0. The summed E-state index contributed by atoms with van der Waals surface area (Å²) < 4.78 is 6.97. The number of carbonyl (C=O) groups is 1. The molecular formula is C19H27N3O4S. The van der Waals surface area contributed by atoms with E-state index in [-0.39, 0.29) is 34.8 Å². The Labute approximate surface area is 164 Å². The van der Waals surface area contributed by atoms with Crippen molar-refractivity contribution in [2.24, 2.45) is 5.92 Å². The van der Waals surface area contributed by atoms with E-state index in [4.69, 9.17) is 17.0 Å². The van der Waals surface area contributed by atoms with Crippen LogP contribution in [-0.2, 0) is 11.3 Å². The molecule has 0 aromatic carbocycles. The van der Waals surface area contributed by atoms with Crippen LogP contribution in [0.1, 0.15) is 39.2 Å². The maximum Gasteiger partial charge on any atom is 0.410 e. The Hall–Kier alpha value is -2.35. The summed E-state index contributed by atoms with van der Waals surface area (Å²) in [6.07, 6.45) is 6.42. The minimum atomic E-state index is -0.538. The van der Waals surface area contributed by atoms with Gasteiger partial charge in [0.15, 0.2) is 4.77 Å². The third kappa shape index (κ3) is 5.56. The van der Waals surface area contributed by atoms with Crippen molar-refractivity contribution in [2.75, 3.05) is 13.1 Å². The zero-order chi connectivity index (χ0) is 20.2.